The first-order valence-electron chi connectivity index (χ1n) is 8.39. The van der Waals surface area contributed by atoms with Crippen molar-refractivity contribution in [3.8, 4) is 5.69 Å². The van der Waals surface area contributed by atoms with Crippen LogP contribution in [0, 0.1) is 20.8 Å². The second-order valence-corrected chi connectivity index (χ2v) is 6.53. The van der Waals surface area contributed by atoms with E-state index in [0.717, 1.165) is 30.7 Å². The molecule has 0 spiro atoms. The van der Waals surface area contributed by atoms with Gasteiger partial charge in [-0.1, -0.05) is 17.7 Å². The van der Waals surface area contributed by atoms with Gasteiger partial charge in [-0.2, -0.15) is 9.90 Å². The second-order valence-electron chi connectivity index (χ2n) is 6.53. The van der Waals surface area contributed by atoms with Gasteiger partial charge < -0.3 is 10.1 Å². The molecule has 2 atom stereocenters. The number of carbonyl (C=O) groups is 1. The van der Waals surface area contributed by atoms with E-state index in [2.05, 4.69) is 21.6 Å². The summed E-state index contributed by atoms with van der Waals surface area (Å²) >= 11 is 0. The smallest absolute Gasteiger partial charge is 0.274 e. The number of benzene rings is 1. The van der Waals surface area contributed by atoms with Gasteiger partial charge in [0, 0.05) is 6.61 Å². The van der Waals surface area contributed by atoms with Crippen LogP contribution in [-0.2, 0) is 4.74 Å². The van der Waals surface area contributed by atoms with Gasteiger partial charge in [-0.15, -0.1) is 5.10 Å². The van der Waals surface area contributed by atoms with Gasteiger partial charge in [0.25, 0.3) is 5.91 Å². The Morgan fingerprint density at radius 1 is 1.33 bits per heavy atom. The first kappa shape index (κ1) is 16.6. The minimum Gasteiger partial charge on any atom is -0.376 e. The number of aromatic nitrogens is 3. The summed E-state index contributed by atoms with van der Waals surface area (Å²) < 4.78 is 5.63. The minimum atomic E-state index is -0.202. The molecule has 1 aliphatic heterocycles. The molecule has 1 fully saturated rings. The van der Waals surface area contributed by atoms with Crippen molar-refractivity contribution in [2.24, 2.45) is 0 Å². The van der Waals surface area contributed by atoms with Gasteiger partial charge in [-0.05, 0) is 52.2 Å². The highest BCUT2D eigenvalue weighted by Gasteiger charge is 2.26. The average Bonchev–Trinajstić information content (AvgIpc) is 3.16. The number of carbonyl (C=O) groups excluding carboxylic acids is 1. The molecule has 128 valence electrons. The van der Waals surface area contributed by atoms with Crippen molar-refractivity contribution in [1.82, 2.24) is 20.3 Å². The molecule has 0 bridgehead atoms. The number of ether oxygens (including phenoxy) is 1. The third-order valence-corrected chi connectivity index (χ3v) is 4.45. The van der Waals surface area contributed by atoms with Gasteiger partial charge in [-0.3, -0.25) is 4.79 Å². The number of hydrogen-bond donors (Lipinski definition) is 1. The van der Waals surface area contributed by atoms with Crippen LogP contribution < -0.4 is 5.32 Å². The number of nitrogens with one attached hydrogen (secondary N) is 1. The Kier molecular flexibility index (Phi) is 4.66. The van der Waals surface area contributed by atoms with Gasteiger partial charge in [0.1, 0.15) is 0 Å². The first-order chi connectivity index (χ1) is 11.5. The SMILES string of the molecule is Cc1ccc(-n2nc(C)c(C(=O)N[C@@H](C)[C@@H]3CCCO3)n2)c(C)c1. The molecule has 3 rings (SSSR count). The van der Waals surface area contributed by atoms with Crippen molar-refractivity contribution >= 4 is 5.91 Å². The van der Waals surface area contributed by atoms with Crippen LogP contribution >= 0.6 is 0 Å². The van der Waals surface area contributed by atoms with Crippen LogP contribution in [0.25, 0.3) is 5.69 Å². The molecular weight excluding hydrogens is 304 g/mol. The number of hydrogen-bond acceptors (Lipinski definition) is 4. The van der Waals surface area contributed by atoms with E-state index in [0.29, 0.717) is 11.4 Å². The average molecular weight is 328 g/mol. The largest absolute Gasteiger partial charge is 0.376 e. The van der Waals surface area contributed by atoms with Crippen LogP contribution in [-0.4, -0.2) is 39.7 Å². The Balaban J connectivity index is 1.79. The highest BCUT2D eigenvalue weighted by Crippen LogP contribution is 2.17. The second kappa shape index (κ2) is 6.73. The van der Waals surface area contributed by atoms with E-state index in [9.17, 15) is 4.79 Å². The molecule has 0 unspecified atom stereocenters. The van der Waals surface area contributed by atoms with Gasteiger partial charge >= 0.3 is 0 Å². The van der Waals surface area contributed by atoms with Gasteiger partial charge in [0.2, 0.25) is 0 Å². The lowest BCUT2D eigenvalue weighted by atomic mass is 10.1. The van der Waals surface area contributed by atoms with Gasteiger partial charge in [0.05, 0.1) is 23.5 Å². The summed E-state index contributed by atoms with van der Waals surface area (Å²) in [5, 5.41) is 11.8. The molecule has 6 heteroatoms. The number of amides is 1. The predicted molar refractivity (Wildman–Crippen MR) is 91.5 cm³/mol. The number of nitrogens with zero attached hydrogens (tertiary/aromatic N) is 3. The molecule has 1 saturated heterocycles. The fraction of sp³-hybridized carbons (Fsp3) is 0.500. The lowest BCUT2D eigenvalue weighted by molar-refractivity contribution is 0.0709. The lowest BCUT2D eigenvalue weighted by Gasteiger charge is -2.19. The van der Waals surface area contributed by atoms with Gasteiger partial charge in [-0.25, -0.2) is 0 Å². The van der Waals surface area contributed by atoms with Crippen molar-refractivity contribution in [3.63, 3.8) is 0 Å². The minimum absolute atomic E-state index is 0.0364. The quantitative estimate of drug-likeness (QED) is 0.936. The normalized spacial score (nSPS) is 18.6. The summed E-state index contributed by atoms with van der Waals surface area (Å²) in [6, 6.07) is 6.03. The van der Waals surface area contributed by atoms with Gasteiger partial charge in [0.15, 0.2) is 5.69 Å². The van der Waals surface area contributed by atoms with Crippen molar-refractivity contribution in [1.29, 1.82) is 0 Å². The van der Waals surface area contributed by atoms with E-state index in [4.69, 9.17) is 4.74 Å². The number of aryl methyl sites for hydroxylation is 3. The van der Waals surface area contributed by atoms with Crippen LogP contribution in [0.5, 0.6) is 0 Å². The topological polar surface area (TPSA) is 69.0 Å². The maximum Gasteiger partial charge on any atom is 0.274 e. The van der Waals surface area contributed by atoms with E-state index in [1.807, 2.05) is 32.9 Å². The summed E-state index contributed by atoms with van der Waals surface area (Å²) in [5.41, 5.74) is 4.12. The molecule has 1 amide bonds. The summed E-state index contributed by atoms with van der Waals surface area (Å²) in [5.74, 6) is -0.202. The highest BCUT2D eigenvalue weighted by atomic mass is 16.5. The fourth-order valence-electron chi connectivity index (χ4n) is 3.09. The number of rotatable bonds is 4. The summed E-state index contributed by atoms with van der Waals surface area (Å²) in [4.78, 5) is 14.1. The first-order valence-corrected chi connectivity index (χ1v) is 8.39. The van der Waals surface area contributed by atoms with Crippen LogP contribution in [0.3, 0.4) is 0 Å². The molecule has 2 aromatic rings. The Bertz CT molecular complexity index is 747. The lowest BCUT2D eigenvalue weighted by Crippen LogP contribution is -2.41. The maximum atomic E-state index is 12.5. The Hall–Kier alpha value is -2.21. The van der Waals surface area contributed by atoms with E-state index >= 15 is 0 Å². The van der Waals surface area contributed by atoms with Crippen molar-refractivity contribution < 1.29 is 9.53 Å². The predicted octanol–water partition coefficient (Wildman–Crippen LogP) is 2.49. The molecular formula is C18H24N4O2. The molecule has 1 aliphatic rings. The molecule has 0 saturated carbocycles. The van der Waals surface area contributed by atoms with Crippen LogP contribution in [0.2, 0.25) is 0 Å². The Morgan fingerprint density at radius 3 is 2.79 bits per heavy atom. The highest BCUT2D eigenvalue weighted by molar-refractivity contribution is 5.93. The summed E-state index contributed by atoms with van der Waals surface area (Å²) in [6.07, 6.45) is 2.12. The molecule has 6 nitrogen and oxygen atoms in total. The van der Waals surface area contributed by atoms with E-state index in [1.165, 1.54) is 10.4 Å². The van der Waals surface area contributed by atoms with Crippen molar-refractivity contribution in [2.75, 3.05) is 6.61 Å². The standard InChI is InChI=1S/C18H24N4O2/c1-11-7-8-15(12(2)10-11)22-20-14(4)17(21-22)18(23)19-13(3)16-6-5-9-24-16/h7-8,10,13,16H,5-6,9H2,1-4H3,(H,19,23)/t13-,16-/m0/s1. The van der Waals surface area contributed by atoms with Crippen molar-refractivity contribution in [3.05, 3.63) is 40.7 Å². The molecule has 1 N–H and O–H groups in total. The monoisotopic (exact) mass is 328 g/mol. The molecule has 1 aromatic heterocycles. The molecule has 24 heavy (non-hydrogen) atoms. The van der Waals surface area contributed by atoms with E-state index in [1.54, 1.807) is 6.92 Å². The molecule has 0 radical (unpaired) electrons. The molecule has 0 aliphatic carbocycles. The zero-order valence-electron chi connectivity index (χ0n) is 14.7. The summed E-state index contributed by atoms with van der Waals surface area (Å²) in [7, 11) is 0. The van der Waals surface area contributed by atoms with E-state index in [-0.39, 0.29) is 18.1 Å². The third kappa shape index (κ3) is 3.33. The van der Waals surface area contributed by atoms with Crippen LogP contribution in [0.1, 0.15) is 47.1 Å². The van der Waals surface area contributed by atoms with E-state index < -0.39 is 0 Å². The zero-order chi connectivity index (χ0) is 17.3. The fourth-order valence-corrected chi connectivity index (χ4v) is 3.09. The maximum absolute atomic E-state index is 12.5. The third-order valence-electron chi connectivity index (χ3n) is 4.45. The van der Waals surface area contributed by atoms with Crippen LogP contribution in [0.15, 0.2) is 18.2 Å². The zero-order valence-corrected chi connectivity index (χ0v) is 14.7. The Labute approximate surface area is 142 Å². The molecule has 2 heterocycles. The summed E-state index contributed by atoms with van der Waals surface area (Å²) in [6.45, 7) is 8.60. The Morgan fingerprint density at radius 2 is 2.12 bits per heavy atom. The van der Waals surface area contributed by atoms with Crippen molar-refractivity contribution in [2.45, 2.75) is 52.7 Å². The van der Waals surface area contributed by atoms with Crippen LogP contribution in [0.4, 0.5) is 0 Å². The molecule has 1 aromatic carbocycles.